The summed E-state index contributed by atoms with van der Waals surface area (Å²) in [5.41, 5.74) is 1.89. The summed E-state index contributed by atoms with van der Waals surface area (Å²) in [6, 6.07) is 0. The maximum absolute atomic E-state index is 11.0. The maximum Gasteiger partial charge on any atom is 0.307 e. The number of carboxylic acid groups (broad SMARTS) is 1. The third-order valence-corrected chi connectivity index (χ3v) is 3.90. The first-order chi connectivity index (χ1) is 9.44. The minimum absolute atomic E-state index is 0.391. The number of hydrogen-bond acceptors (Lipinski definition) is 3. The fraction of sp³-hybridized carbons (Fsp3) is 0.714. The highest BCUT2D eigenvalue weighted by Crippen LogP contribution is 2.23. The molecule has 1 unspecified atom stereocenters. The molecule has 0 aliphatic rings. The van der Waals surface area contributed by atoms with Gasteiger partial charge in [0.25, 0.3) is 0 Å². The van der Waals surface area contributed by atoms with Gasteiger partial charge >= 0.3 is 5.97 Å². The van der Waals surface area contributed by atoms with Crippen LogP contribution < -0.4 is 0 Å². The number of carbonyl (C=O) groups is 1. The van der Waals surface area contributed by atoms with Gasteiger partial charge in [0, 0.05) is 19.6 Å². The van der Waals surface area contributed by atoms with Crippen LogP contribution in [0.4, 0.5) is 0 Å². The minimum atomic E-state index is -0.771. The zero-order valence-electron chi connectivity index (χ0n) is 12.7. The quantitative estimate of drug-likeness (QED) is 0.802. The minimum Gasteiger partial charge on any atom is -0.481 e. The Kier molecular flexibility index (Phi) is 6.49. The summed E-state index contributed by atoms with van der Waals surface area (Å²) in [6.07, 6.45) is 0.802. The van der Waals surface area contributed by atoms with E-state index in [1.54, 1.807) is 6.92 Å². The van der Waals surface area contributed by atoms with E-state index in [-0.39, 0.29) is 0 Å². The van der Waals surface area contributed by atoms with E-state index in [2.05, 4.69) is 10.00 Å². The van der Waals surface area contributed by atoms with Crippen LogP contribution in [0.5, 0.6) is 0 Å². The topological polar surface area (TPSA) is 58.4 Å². The molecule has 0 bridgehead atoms. The Morgan fingerprint density at radius 2 is 2.10 bits per heavy atom. The third-order valence-electron chi connectivity index (χ3n) is 3.47. The molecule has 0 aliphatic carbocycles. The fourth-order valence-electron chi connectivity index (χ4n) is 2.15. The predicted molar refractivity (Wildman–Crippen MR) is 80.0 cm³/mol. The predicted octanol–water partition coefficient (Wildman–Crippen LogP) is 2.66. The zero-order chi connectivity index (χ0) is 15.3. The lowest BCUT2D eigenvalue weighted by molar-refractivity contribution is -0.141. The molecule has 1 aromatic heterocycles. The number of aliphatic carboxylic acids is 1. The van der Waals surface area contributed by atoms with Crippen LogP contribution in [0, 0.1) is 5.92 Å². The van der Waals surface area contributed by atoms with Crippen LogP contribution >= 0.6 is 11.6 Å². The molecule has 114 valence electrons. The van der Waals surface area contributed by atoms with Gasteiger partial charge < -0.3 is 5.11 Å². The molecule has 0 amide bonds. The van der Waals surface area contributed by atoms with Crippen LogP contribution in [0.25, 0.3) is 0 Å². The van der Waals surface area contributed by atoms with Crippen molar-refractivity contribution < 1.29 is 9.90 Å². The zero-order valence-corrected chi connectivity index (χ0v) is 13.4. The molecule has 6 heteroatoms. The first-order valence-corrected chi connectivity index (χ1v) is 7.51. The number of aromatic nitrogens is 2. The molecule has 0 saturated heterocycles. The summed E-state index contributed by atoms with van der Waals surface area (Å²) in [5.74, 6) is -1.16. The number of rotatable bonds is 8. The van der Waals surface area contributed by atoms with E-state index in [1.807, 2.05) is 25.5 Å². The largest absolute Gasteiger partial charge is 0.481 e. The second-order valence-electron chi connectivity index (χ2n) is 4.94. The van der Waals surface area contributed by atoms with Gasteiger partial charge in [-0.3, -0.25) is 14.4 Å². The average molecular weight is 302 g/mol. The van der Waals surface area contributed by atoms with Gasteiger partial charge in [0.2, 0.25) is 0 Å². The molecule has 5 nitrogen and oxygen atoms in total. The summed E-state index contributed by atoms with van der Waals surface area (Å²) in [4.78, 5) is 13.1. The molecule has 0 fully saturated rings. The Hall–Kier alpha value is -1.07. The summed E-state index contributed by atoms with van der Waals surface area (Å²) >= 11 is 6.38. The van der Waals surface area contributed by atoms with Crippen LogP contribution in [0.1, 0.15) is 39.1 Å². The van der Waals surface area contributed by atoms with Crippen LogP contribution in [0.3, 0.4) is 0 Å². The molecule has 1 heterocycles. The second kappa shape index (κ2) is 7.64. The Morgan fingerprint density at radius 3 is 2.55 bits per heavy atom. The second-order valence-corrected chi connectivity index (χ2v) is 5.32. The summed E-state index contributed by atoms with van der Waals surface area (Å²) in [6.45, 7) is 10.5. The molecule has 0 radical (unpaired) electrons. The molecule has 1 rings (SSSR count). The number of nitrogens with zero attached hydrogens (tertiary/aromatic N) is 3. The van der Waals surface area contributed by atoms with Crippen molar-refractivity contribution in [3.8, 4) is 0 Å². The van der Waals surface area contributed by atoms with Crippen LogP contribution in [-0.2, 0) is 24.3 Å². The Labute approximate surface area is 125 Å². The fourth-order valence-corrected chi connectivity index (χ4v) is 2.48. The van der Waals surface area contributed by atoms with Crippen molar-refractivity contribution >= 4 is 17.6 Å². The Bertz CT molecular complexity index is 460. The number of aryl methyl sites for hydroxylation is 2. The van der Waals surface area contributed by atoms with Crippen molar-refractivity contribution in [3.05, 3.63) is 16.4 Å². The molecular weight excluding hydrogens is 278 g/mol. The van der Waals surface area contributed by atoms with Crippen molar-refractivity contribution in [1.82, 2.24) is 14.7 Å². The standard InChI is InChI=1S/C14H24ClN3O2/c1-5-11-13(15)12(18(7-3)16-11)9-17(6-2)8-10(4)14(19)20/h10H,5-9H2,1-4H3,(H,19,20). The van der Waals surface area contributed by atoms with E-state index >= 15 is 0 Å². The van der Waals surface area contributed by atoms with E-state index in [9.17, 15) is 4.79 Å². The van der Waals surface area contributed by atoms with Crippen molar-refractivity contribution in [2.24, 2.45) is 5.92 Å². The average Bonchev–Trinajstić information content (AvgIpc) is 2.73. The molecular formula is C14H24ClN3O2. The highest BCUT2D eigenvalue weighted by molar-refractivity contribution is 6.31. The maximum atomic E-state index is 11.0. The van der Waals surface area contributed by atoms with Crippen LogP contribution in [-0.4, -0.2) is 38.8 Å². The summed E-state index contributed by atoms with van der Waals surface area (Å²) in [7, 11) is 0. The number of hydrogen-bond donors (Lipinski definition) is 1. The van der Waals surface area contributed by atoms with Crippen LogP contribution in [0.15, 0.2) is 0 Å². The molecule has 20 heavy (non-hydrogen) atoms. The molecule has 0 aromatic carbocycles. The van der Waals surface area contributed by atoms with E-state index in [1.165, 1.54) is 0 Å². The smallest absolute Gasteiger partial charge is 0.307 e. The molecule has 1 aromatic rings. The molecule has 0 spiro atoms. The number of carboxylic acids is 1. The van der Waals surface area contributed by atoms with E-state index in [0.717, 1.165) is 35.9 Å². The van der Waals surface area contributed by atoms with Gasteiger partial charge in [0.15, 0.2) is 0 Å². The molecule has 0 aliphatic heterocycles. The van der Waals surface area contributed by atoms with E-state index in [0.29, 0.717) is 13.1 Å². The molecule has 1 N–H and O–H groups in total. The normalized spacial score (nSPS) is 12.9. The third kappa shape index (κ3) is 3.96. The van der Waals surface area contributed by atoms with Gasteiger partial charge in [-0.25, -0.2) is 0 Å². The lowest BCUT2D eigenvalue weighted by Gasteiger charge is -2.23. The lowest BCUT2D eigenvalue weighted by Crippen LogP contribution is -2.32. The SMILES string of the molecule is CCc1nn(CC)c(CN(CC)CC(C)C(=O)O)c1Cl. The van der Waals surface area contributed by atoms with Gasteiger partial charge in [-0.2, -0.15) is 5.10 Å². The highest BCUT2D eigenvalue weighted by Gasteiger charge is 2.20. The molecule has 0 saturated carbocycles. The highest BCUT2D eigenvalue weighted by atomic mass is 35.5. The van der Waals surface area contributed by atoms with Gasteiger partial charge in [0.1, 0.15) is 0 Å². The van der Waals surface area contributed by atoms with Crippen molar-refractivity contribution in [1.29, 1.82) is 0 Å². The Balaban J connectivity index is 2.89. The Morgan fingerprint density at radius 1 is 1.45 bits per heavy atom. The van der Waals surface area contributed by atoms with Crippen molar-refractivity contribution in [2.75, 3.05) is 13.1 Å². The molecule has 1 atom stereocenters. The van der Waals surface area contributed by atoms with Gasteiger partial charge in [-0.05, 0) is 19.9 Å². The monoisotopic (exact) mass is 301 g/mol. The summed E-state index contributed by atoms with van der Waals surface area (Å²) < 4.78 is 1.91. The first kappa shape index (κ1) is 17.0. The number of halogens is 1. The van der Waals surface area contributed by atoms with Crippen molar-refractivity contribution in [2.45, 2.75) is 47.2 Å². The van der Waals surface area contributed by atoms with Gasteiger partial charge in [-0.15, -0.1) is 0 Å². The van der Waals surface area contributed by atoms with Gasteiger partial charge in [-0.1, -0.05) is 32.4 Å². The first-order valence-electron chi connectivity index (χ1n) is 7.13. The summed E-state index contributed by atoms with van der Waals surface area (Å²) in [5, 5.41) is 14.2. The van der Waals surface area contributed by atoms with Gasteiger partial charge in [0.05, 0.1) is 22.3 Å². The lowest BCUT2D eigenvalue weighted by atomic mass is 10.1. The van der Waals surface area contributed by atoms with E-state index in [4.69, 9.17) is 16.7 Å². The van der Waals surface area contributed by atoms with E-state index < -0.39 is 11.9 Å². The van der Waals surface area contributed by atoms with Crippen LogP contribution in [0.2, 0.25) is 5.02 Å². The van der Waals surface area contributed by atoms with Crippen molar-refractivity contribution in [3.63, 3.8) is 0 Å².